The molecule has 0 unspecified atom stereocenters. The summed E-state index contributed by atoms with van der Waals surface area (Å²) in [5.41, 5.74) is 4.83. The van der Waals surface area contributed by atoms with Crippen molar-refractivity contribution < 1.29 is 9.32 Å². The van der Waals surface area contributed by atoms with Crippen LogP contribution in [-0.2, 0) is 17.8 Å². The van der Waals surface area contributed by atoms with Crippen molar-refractivity contribution in [2.75, 3.05) is 7.05 Å². The molecule has 6 nitrogen and oxygen atoms in total. The molecular weight excluding hydrogens is 364 g/mol. The van der Waals surface area contributed by atoms with E-state index in [0.29, 0.717) is 19.4 Å². The molecule has 0 aliphatic carbocycles. The van der Waals surface area contributed by atoms with Gasteiger partial charge in [-0.2, -0.15) is 0 Å². The van der Waals surface area contributed by atoms with Crippen LogP contribution in [0.3, 0.4) is 0 Å². The fraction of sp³-hybridized carbons (Fsp3) is 0.261. The fourth-order valence-electron chi connectivity index (χ4n) is 3.57. The van der Waals surface area contributed by atoms with Crippen molar-refractivity contribution in [2.45, 2.75) is 33.2 Å². The summed E-state index contributed by atoms with van der Waals surface area (Å²) in [5, 5.41) is 3.97. The normalized spacial score (nSPS) is 11.1. The van der Waals surface area contributed by atoms with Gasteiger partial charge in [-0.05, 0) is 38.1 Å². The van der Waals surface area contributed by atoms with Crippen molar-refractivity contribution in [2.24, 2.45) is 0 Å². The minimum atomic E-state index is 0.0664. The fourth-order valence-corrected chi connectivity index (χ4v) is 3.57. The van der Waals surface area contributed by atoms with E-state index in [4.69, 9.17) is 9.51 Å². The predicted molar refractivity (Wildman–Crippen MR) is 112 cm³/mol. The zero-order valence-corrected chi connectivity index (χ0v) is 16.9. The lowest BCUT2D eigenvalue weighted by atomic mass is 10.2. The molecule has 0 fully saturated rings. The van der Waals surface area contributed by atoms with E-state index in [0.717, 1.165) is 39.6 Å². The van der Waals surface area contributed by atoms with E-state index in [1.165, 1.54) is 0 Å². The van der Waals surface area contributed by atoms with Crippen LogP contribution in [0.25, 0.3) is 16.7 Å². The Bertz CT molecular complexity index is 1120. The largest absolute Gasteiger partial charge is 0.361 e. The Hall–Kier alpha value is -3.41. The van der Waals surface area contributed by atoms with Gasteiger partial charge in [-0.1, -0.05) is 35.5 Å². The number of aromatic nitrogens is 3. The highest BCUT2D eigenvalue weighted by Crippen LogP contribution is 2.22. The number of carbonyl (C=O) groups excluding carboxylic acids is 1. The highest BCUT2D eigenvalue weighted by atomic mass is 16.5. The Morgan fingerprint density at radius 3 is 2.52 bits per heavy atom. The first-order chi connectivity index (χ1) is 14.0. The quantitative estimate of drug-likeness (QED) is 0.496. The summed E-state index contributed by atoms with van der Waals surface area (Å²) in [6.07, 6.45) is 0.949. The first-order valence-corrected chi connectivity index (χ1v) is 9.72. The number of aryl methyl sites for hydroxylation is 3. The highest BCUT2D eigenvalue weighted by molar-refractivity contribution is 5.79. The maximum atomic E-state index is 12.8. The van der Waals surface area contributed by atoms with E-state index >= 15 is 0 Å². The van der Waals surface area contributed by atoms with Crippen molar-refractivity contribution in [1.82, 2.24) is 19.6 Å². The summed E-state index contributed by atoms with van der Waals surface area (Å²) in [5.74, 6) is 1.71. The Morgan fingerprint density at radius 1 is 1.07 bits per heavy atom. The monoisotopic (exact) mass is 388 g/mol. The molecule has 0 atom stereocenters. The number of carbonyl (C=O) groups is 1. The molecule has 0 saturated heterocycles. The van der Waals surface area contributed by atoms with Gasteiger partial charge < -0.3 is 9.42 Å². The average Bonchev–Trinajstić information content (AvgIpc) is 3.27. The number of benzene rings is 2. The Morgan fingerprint density at radius 2 is 1.79 bits per heavy atom. The maximum Gasteiger partial charge on any atom is 0.223 e. The molecule has 29 heavy (non-hydrogen) atoms. The number of amides is 1. The molecule has 6 heteroatoms. The van der Waals surface area contributed by atoms with Gasteiger partial charge in [0, 0.05) is 31.1 Å². The Labute approximate surface area is 169 Å². The molecule has 2 aromatic carbocycles. The maximum absolute atomic E-state index is 12.8. The Kier molecular flexibility index (Phi) is 5.16. The SMILES string of the molecule is Cc1noc(C)c1CN(C)C(=O)CCc1nc2ccccc2n1-c1ccccc1. The number of hydrogen-bond acceptors (Lipinski definition) is 4. The van der Waals surface area contributed by atoms with Crippen LogP contribution in [0, 0.1) is 13.8 Å². The second kappa shape index (κ2) is 7.91. The third kappa shape index (κ3) is 3.78. The zero-order valence-electron chi connectivity index (χ0n) is 16.9. The molecule has 2 aromatic heterocycles. The molecule has 0 radical (unpaired) electrons. The summed E-state index contributed by atoms with van der Waals surface area (Å²) in [6.45, 7) is 4.26. The summed E-state index contributed by atoms with van der Waals surface area (Å²) in [4.78, 5) is 19.3. The second-order valence-corrected chi connectivity index (χ2v) is 7.24. The second-order valence-electron chi connectivity index (χ2n) is 7.24. The van der Waals surface area contributed by atoms with Crippen molar-refractivity contribution in [3.8, 4) is 5.69 Å². The number of hydrogen-bond donors (Lipinski definition) is 0. The van der Waals surface area contributed by atoms with Gasteiger partial charge in [0.05, 0.1) is 23.3 Å². The van der Waals surface area contributed by atoms with Gasteiger partial charge >= 0.3 is 0 Å². The van der Waals surface area contributed by atoms with Crippen molar-refractivity contribution >= 4 is 16.9 Å². The molecule has 0 N–H and O–H groups in total. The molecule has 1 amide bonds. The van der Waals surface area contributed by atoms with E-state index in [1.54, 1.807) is 4.90 Å². The van der Waals surface area contributed by atoms with Gasteiger partial charge in [-0.3, -0.25) is 9.36 Å². The molecule has 4 rings (SSSR count). The molecule has 148 valence electrons. The van der Waals surface area contributed by atoms with E-state index in [1.807, 2.05) is 57.3 Å². The minimum absolute atomic E-state index is 0.0664. The molecule has 2 heterocycles. The summed E-state index contributed by atoms with van der Waals surface area (Å²) in [6, 6.07) is 18.2. The van der Waals surface area contributed by atoms with Crippen molar-refractivity contribution in [3.63, 3.8) is 0 Å². The van der Waals surface area contributed by atoms with Crippen molar-refractivity contribution in [3.05, 3.63) is 77.4 Å². The molecule has 0 saturated carbocycles. The minimum Gasteiger partial charge on any atom is -0.361 e. The van der Waals surface area contributed by atoms with E-state index in [2.05, 4.69) is 27.9 Å². The molecule has 0 bridgehead atoms. The predicted octanol–water partition coefficient (Wildman–Crippen LogP) is 4.22. The number of imidazole rings is 1. The van der Waals surface area contributed by atoms with Gasteiger partial charge in [0.15, 0.2) is 0 Å². The zero-order chi connectivity index (χ0) is 20.4. The third-order valence-electron chi connectivity index (χ3n) is 5.21. The average molecular weight is 388 g/mol. The third-order valence-corrected chi connectivity index (χ3v) is 5.21. The summed E-state index contributed by atoms with van der Waals surface area (Å²) in [7, 11) is 1.81. The van der Waals surface area contributed by atoms with Crippen LogP contribution in [0.15, 0.2) is 59.1 Å². The van der Waals surface area contributed by atoms with Gasteiger partial charge in [-0.25, -0.2) is 4.98 Å². The van der Waals surface area contributed by atoms with E-state index < -0.39 is 0 Å². The molecule has 4 aromatic rings. The molecular formula is C23H24N4O2. The number of para-hydroxylation sites is 3. The van der Waals surface area contributed by atoms with Gasteiger partial charge in [-0.15, -0.1) is 0 Å². The van der Waals surface area contributed by atoms with Crippen molar-refractivity contribution in [1.29, 1.82) is 0 Å². The first-order valence-electron chi connectivity index (χ1n) is 9.72. The van der Waals surface area contributed by atoms with Crippen LogP contribution in [0.2, 0.25) is 0 Å². The number of fused-ring (bicyclic) bond motifs is 1. The van der Waals surface area contributed by atoms with Crippen LogP contribution in [0.5, 0.6) is 0 Å². The first kappa shape index (κ1) is 18.9. The number of nitrogens with zero attached hydrogens (tertiary/aromatic N) is 4. The van der Waals surface area contributed by atoms with Crippen LogP contribution >= 0.6 is 0 Å². The standard InChI is InChI=1S/C23H24N4O2/c1-16-19(17(2)29-25-16)15-26(3)23(28)14-13-22-24-20-11-7-8-12-21(20)27(22)18-9-5-4-6-10-18/h4-12H,13-15H2,1-3H3. The number of rotatable bonds is 6. The van der Waals surface area contributed by atoms with Crippen LogP contribution in [0.1, 0.15) is 29.3 Å². The lowest BCUT2D eigenvalue weighted by molar-refractivity contribution is -0.130. The molecule has 0 aliphatic rings. The Balaban J connectivity index is 1.54. The lowest BCUT2D eigenvalue weighted by Crippen LogP contribution is -2.27. The van der Waals surface area contributed by atoms with Gasteiger partial charge in [0.1, 0.15) is 11.6 Å². The smallest absolute Gasteiger partial charge is 0.223 e. The van der Waals surface area contributed by atoms with Crippen LogP contribution in [-0.4, -0.2) is 32.6 Å². The van der Waals surface area contributed by atoms with Crippen LogP contribution < -0.4 is 0 Å². The summed E-state index contributed by atoms with van der Waals surface area (Å²) < 4.78 is 7.34. The molecule has 0 spiro atoms. The van der Waals surface area contributed by atoms with E-state index in [9.17, 15) is 4.79 Å². The van der Waals surface area contributed by atoms with Gasteiger partial charge in [0.25, 0.3) is 0 Å². The van der Waals surface area contributed by atoms with Crippen LogP contribution in [0.4, 0.5) is 0 Å². The highest BCUT2D eigenvalue weighted by Gasteiger charge is 2.18. The van der Waals surface area contributed by atoms with Gasteiger partial charge in [0.2, 0.25) is 5.91 Å². The lowest BCUT2D eigenvalue weighted by Gasteiger charge is -2.17. The van der Waals surface area contributed by atoms with E-state index in [-0.39, 0.29) is 5.91 Å². The topological polar surface area (TPSA) is 64.2 Å². The summed E-state index contributed by atoms with van der Waals surface area (Å²) >= 11 is 0. The molecule has 0 aliphatic heterocycles.